The van der Waals surface area contributed by atoms with Crippen LogP contribution in [0, 0.1) is 26.8 Å². The molecular weight excluding hydrogens is 1270 g/mol. The van der Waals surface area contributed by atoms with Gasteiger partial charge >= 0.3 is 56.8 Å². The summed E-state index contributed by atoms with van der Waals surface area (Å²) >= 11 is 0. The number of carbonyl (C=O) groups is 1. The zero-order chi connectivity index (χ0) is 58.6. The van der Waals surface area contributed by atoms with Gasteiger partial charge in [0.2, 0.25) is 0 Å². The molecule has 0 amide bonds. The van der Waals surface area contributed by atoms with E-state index >= 15 is 0 Å². The second-order valence-corrected chi connectivity index (χ2v) is 26.1. The van der Waals surface area contributed by atoms with Crippen molar-refractivity contribution in [2.75, 3.05) is 0 Å². The Kier molecular flexibility index (Phi) is 27.9. The molecule has 0 unspecified atom stereocenters. The molecule has 0 saturated carbocycles. The Balaban J connectivity index is 0.000000232. The average molecular weight is 1340 g/mol. The van der Waals surface area contributed by atoms with Gasteiger partial charge in [0, 0.05) is 35.9 Å². The van der Waals surface area contributed by atoms with Crippen LogP contribution in [0.1, 0.15) is 93.2 Å². The SMILES string of the molecule is CC(=O)[O-].CC(C)(C)c1ccnc(-c2cc(C(F)(F)F)[nH]n2)c1.Cc1c[c-]c(C[PH+](c2ccccc2)c2ccccc2)cc1.Cc1cc(-c2cc(C(C)(C)C)ccn2)[n-]n1.Cc1ccc(CP(c2ccccc2)c2ccccc2)cc1.[Na+].[Pt+2]. The van der Waals surface area contributed by atoms with Crippen molar-refractivity contribution in [1.29, 1.82) is 0 Å². The molecule has 6 aromatic carbocycles. The number of pyridine rings is 2. The van der Waals surface area contributed by atoms with Crippen molar-refractivity contribution in [1.82, 2.24) is 30.4 Å². The van der Waals surface area contributed by atoms with Crippen LogP contribution < -0.4 is 61.0 Å². The van der Waals surface area contributed by atoms with Crippen LogP contribution in [-0.2, 0) is 55.2 Å². The molecule has 4 aromatic heterocycles. The molecule has 0 saturated heterocycles. The molecule has 1 N–H and O–H groups in total. The largest absolute Gasteiger partial charge is 2.00 e. The van der Waals surface area contributed by atoms with Crippen molar-refractivity contribution in [2.45, 2.75) is 98.6 Å². The second kappa shape index (κ2) is 33.4. The molecule has 0 aliphatic rings. The number of aryl methyl sites for hydroxylation is 3. The Morgan fingerprint density at radius 1 is 0.614 bits per heavy atom. The summed E-state index contributed by atoms with van der Waals surface area (Å²) in [5.41, 5.74) is 10.0. The van der Waals surface area contributed by atoms with Crippen molar-refractivity contribution >= 4 is 43.0 Å². The third-order valence-electron chi connectivity index (χ3n) is 12.6. The van der Waals surface area contributed by atoms with E-state index in [2.05, 4.69) is 236 Å². The van der Waals surface area contributed by atoms with Gasteiger partial charge in [-0.15, -0.1) is 5.56 Å². The maximum Gasteiger partial charge on any atom is 2.00 e. The summed E-state index contributed by atoms with van der Waals surface area (Å²) in [7, 11) is -1.13. The smallest absolute Gasteiger partial charge is 0.574 e. The molecule has 0 atom stereocenters. The molecule has 83 heavy (non-hydrogen) atoms. The van der Waals surface area contributed by atoms with Gasteiger partial charge in [0.05, 0.1) is 30.4 Å². The van der Waals surface area contributed by atoms with Crippen LogP contribution >= 0.6 is 15.8 Å². The predicted octanol–water partition coefficient (Wildman–Crippen LogP) is 11.0. The monoisotopic (exact) mass is 1340 g/mol. The zero-order valence-corrected chi connectivity index (χ0v) is 55.2. The van der Waals surface area contributed by atoms with Gasteiger partial charge in [0.15, 0.2) is 0 Å². The minimum Gasteiger partial charge on any atom is -0.574 e. The van der Waals surface area contributed by atoms with Gasteiger partial charge in [-0.3, -0.25) is 15.1 Å². The van der Waals surface area contributed by atoms with Crippen molar-refractivity contribution in [2.24, 2.45) is 0 Å². The molecule has 4 heterocycles. The molecule has 0 aliphatic carbocycles. The zero-order valence-electron chi connectivity index (χ0n) is 49.1. The molecule has 0 spiro atoms. The number of nitrogens with one attached hydrogen (secondary N) is 1. The summed E-state index contributed by atoms with van der Waals surface area (Å²) in [5, 5.41) is 28.4. The first-order valence-electron chi connectivity index (χ1n) is 26.6. The summed E-state index contributed by atoms with van der Waals surface area (Å²) in [4.78, 5) is 17.3. The minimum atomic E-state index is -4.42. The number of H-pyrrole nitrogens is 1. The van der Waals surface area contributed by atoms with E-state index in [9.17, 15) is 13.2 Å². The van der Waals surface area contributed by atoms with Crippen molar-refractivity contribution in [3.8, 4) is 22.8 Å². The van der Waals surface area contributed by atoms with Crippen LogP contribution in [0.3, 0.4) is 0 Å². The third-order valence-corrected chi connectivity index (χ3v) is 17.9. The van der Waals surface area contributed by atoms with Crippen LogP contribution in [0.4, 0.5) is 13.2 Å². The number of hydrogen-bond acceptors (Lipinski definition) is 6. The normalized spacial score (nSPS) is 10.9. The number of halogens is 3. The fraction of sp³-hybridized carbons (Fsp3) is 0.221. The van der Waals surface area contributed by atoms with Crippen molar-refractivity contribution < 1.29 is 73.7 Å². The van der Waals surface area contributed by atoms with Crippen LogP contribution in [0.25, 0.3) is 22.8 Å². The molecule has 0 aliphatic heterocycles. The number of alkyl halides is 3. The van der Waals surface area contributed by atoms with Crippen LogP contribution in [0.15, 0.2) is 213 Å². The van der Waals surface area contributed by atoms with E-state index in [1.54, 1.807) is 12.3 Å². The van der Waals surface area contributed by atoms with E-state index in [4.69, 9.17) is 9.90 Å². The van der Waals surface area contributed by atoms with Gasteiger partial charge in [-0.05, 0) is 121 Å². The van der Waals surface area contributed by atoms with Gasteiger partial charge in [0.1, 0.15) is 11.4 Å². The summed E-state index contributed by atoms with van der Waals surface area (Å²) in [6, 6.07) is 73.1. The summed E-state index contributed by atoms with van der Waals surface area (Å²) in [6.07, 6.45) is 1.17. The van der Waals surface area contributed by atoms with E-state index in [0.29, 0.717) is 5.69 Å². The molecule has 15 heteroatoms. The number of carbonyl (C=O) groups excluding carboxylic acids is 1. The molecule has 0 radical (unpaired) electrons. The van der Waals surface area contributed by atoms with E-state index < -0.39 is 25.8 Å². The molecule has 8 nitrogen and oxygen atoms in total. The van der Waals surface area contributed by atoms with Crippen LogP contribution in [0.5, 0.6) is 0 Å². The first-order chi connectivity index (χ1) is 38.5. The summed E-state index contributed by atoms with van der Waals surface area (Å²) < 4.78 is 37.5. The van der Waals surface area contributed by atoms with Gasteiger partial charge in [-0.25, -0.2) is 0 Å². The van der Waals surface area contributed by atoms with E-state index in [0.717, 1.165) is 48.0 Å². The topological polar surface area (TPSA) is 122 Å². The van der Waals surface area contributed by atoms with E-state index in [-0.39, 0.29) is 75.1 Å². The maximum atomic E-state index is 12.5. The van der Waals surface area contributed by atoms with Crippen LogP contribution in [-0.4, -0.2) is 31.2 Å². The minimum absolute atomic E-state index is 0. The molecular formula is C68H71F3N6NaO2P2Pt+. The number of aromatic amines is 1. The first-order valence-corrected chi connectivity index (χ1v) is 29.8. The number of aliphatic carboxylic acids is 1. The predicted molar refractivity (Wildman–Crippen MR) is 329 cm³/mol. The molecule has 0 bridgehead atoms. The van der Waals surface area contributed by atoms with Crippen molar-refractivity contribution in [3.05, 3.63) is 263 Å². The number of hydrogen-bond donors (Lipinski definition) is 1. The van der Waals surface area contributed by atoms with Gasteiger partial charge in [0.25, 0.3) is 0 Å². The summed E-state index contributed by atoms with van der Waals surface area (Å²) in [6.45, 7) is 19.8. The Morgan fingerprint density at radius 3 is 1.49 bits per heavy atom. The third kappa shape index (κ3) is 23.1. The van der Waals surface area contributed by atoms with E-state index in [1.165, 1.54) is 49.0 Å². The fourth-order valence-electron chi connectivity index (χ4n) is 8.09. The number of benzene rings is 6. The Hall–Kier alpha value is -6.15. The number of carboxylic acids is 1. The first kappa shape index (κ1) is 69.3. The van der Waals surface area contributed by atoms with Gasteiger partial charge in [-0.2, -0.15) is 48.1 Å². The summed E-state index contributed by atoms with van der Waals surface area (Å²) in [5.74, 6) is -1.08. The second-order valence-electron chi connectivity index (χ2n) is 21.4. The van der Waals surface area contributed by atoms with Gasteiger partial charge < -0.3 is 20.1 Å². The molecule has 426 valence electrons. The standard InChI is InChI=1S/C20H19P.C20H18P.C13H14F3N3.C13H16N3.C2H4O2.Na.Pt/c2*1-17-12-14-18(15-13-17)16-21(19-8-4-2-5-9-19)20-10-6-3-7-11-20;1-12(2,3)8-4-5-17-9(6-8)10-7-11(19-18-10)13(14,15)16;1-9-7-12(16-15-9)11-8-10(5-6-14-11)13(2,3)4;1-2(3)4;;/h2-15H,16H2,1H3;2-14H,16H2,1H3;4-7H,1-3H3,(H,18,19);5-8H,1-4H3;1H3,(H,3,4);;/q;-1;;-1;;+1;+2. The average Bonchev–Trinajstić information content (AvgIpc) is 4.15. The Morgan fingerprint density at radius 2 is 1.07 bits per heavy atom. The number of nitrogens with zero attached hydrogens (tertiary/aromatic N) is 5. The van der Waals surface area contributed by atoms with Gasteiger partial charge in [-0.1, -0.05) is 187 Å². The maximum absolute atomic E-state index is 12.5. The molecule has 10 aromatic rings. The molecule has 0 fully saturated rings. The Bertz CT molecular complexity index is 3260. The quantitative estimate of drug-likeness (QED) is 0.0822. The number of carboxylic acid groups (broad SMARTS) is 1. The molecule has 10 rings (SSSR count). The number of aromatic nitrogens is 6. The number of rotatable bonds is 10. The van der Waals surface area contributed by atoms with E-state index in [1.807, 2.05) is 57.2 Å². The fourth-order valence-corrected chi connectivity index (χ4v) is 12.9. The van der Waals surface area contributed by atoms with Crippen LogP contribution in [0.2, 0.25) is 0 Å². The Labute approximate surface area is 527 Å². The van der Waals surface area contributed by atoms with Crippen molar-refractivity contribution in [3.63, 3.8) is 0 Å².